The molecule has 1 aromatic carbocycles. The largest absolute Gasteiger partial charge is 0.466 e. The molecule has 2 aliphatic rings. The minimum absolute atomic E-state index is 0.0175. The quantitative estimate of drug-likeness (QED) is 0.634. The minimum Gasteiger partial charge on any atom is -0.466 e. The molecule has 1 atom stereocenters. The number of carbonyl (C=O) groups excluding carboxylic acids is 1. The number of hydrogen-bond donors (Lipinski definition) is 0. The van der Waals surface area contributed by atoms with Crippen molar-refractivity contribution in [1.29, 1.82) is 0 Å². The van der Waals surface area contributed by atoms with E-state index in [4.69, 9.17) is 4.74 Å². The van der Waals surface area contributed by atoms with E-state index in [1.54, 1.807) is 0 Å². The zero-order valence-corrected chi connectivity index (χ0v) is 18.7. The van der Waals surface area contributed by atoms with Gasteiger partial charge in [0.1, 0.15) is 0 Å². The second kappa shape index (κ2) is 10.4. The van der Waals surface area contributed by atoms with Gasteiger partial charge in [0.2, 0.25) is 0 Å². The zero-order chi connectivity index (χ0) is 21.5. The van der Waals surface area contributed by atoms with Crippen LogP contribution in [-0.2, 0) is 22.5 Å². The first-order valence-electron chi connectivity index (χ1n) is 11.8. The molecule has 0 aliphatic carbocycles. The monoisotopic (exact) mass is 421 g/mol. The van der Waals surface area contributed by atoms with Crippen LogP contribution in [0.3, 0.4) is 0 Å². The summed E-state index contributed by atoms with van der Waals surface area (Å²) in [6.07, 6.45) is 6.91. The number of benzene rings is 1. The molecule has 5 heteroatoms. The summed E-state index contributed by atoms with van der Waals surface area (Å²) in [6.45, 7) is 7.35. The smallest absolute Gasteiger partial charge is 0.313 e. The average molecular weight is 422 g/mol. The van der Waals surface area contributed by atoms with Gasteiger partial charge in [-0.1, -0.05) is 36.4 Å². The number of aromatic nitrogens is 1. The Bertz CT molecular complexity index is 821. The number of pyridine rings is 1. The highest BCUT2D eigenvalue weighted by molar-refractivity contribution is 5.77. The Kier molecular flexibility index (Phi) is 7.36. The first kappa shape index (κ1) is 22.0. The molecule has 2 saturated heterocycles. The molecule has 2 fully saturated rings. The summed E-state index contributed by atoms with van der Waals surface area (Å²) in [4.78, 5) is 22.7. The molecule has 2 aliphatic heterocycles. The first-order chi connectivity index (χ1) is 15.2. The molecule has 0 amide bonds. The van der Waals surface area contributed by atoms with Crippen LogP contribution in [0.4, 0.5) is 0 Å². The number of rotatable bonds is 7. The van der Waals surface area contributed by atoms with Gasteiger partial charge < -0.3 is 4.74 Å². The lowest BCUT2D eigenvalue weighted by Crippen LogP contribution is -2.55. The second-order valence-electron chi connectivity index (χ2n) is 9.07. The van der Waals surface area contributed by atoms with Crippen molar-refractivity contribution in [2.45, 2.75) is 51.6 Å². The van der Waals surface area contributed by atoms with Gasteiger partial charge in [-0.3, -0.25) is 19.6 Å². The third-order valence-corrected chi connectivity index (χ3v) is 6.89. The maximum atomic E-state index is 13.1. The molecular weight excluding hydrogens is 386 g/mol. The number of hydrogen-bond acceptors (Lipinski definition) is 5. The number of nitrogens with zero attached hydrogens (tertiary/aromatic N) is 3. The van der Waals surface area contributed by atoms with Crippen LogP contribution in [0.2, 0.25) is 0 Å². The highest BCUT2D eigenvalue weighted by atomic mass is 16.5. The molecule has 3 heterocycles. The van der Waals surface area contributed by atoms with Crippen LogP contribution in [0.15, 0.2) is 54.7 Å². The molecule has 0 radical (unpaired) electrons. The third-order valence-electron chi connectivity index (χ3n) is 6.89. The fourth-order valence-electron chi connectivity index (χ4n) is 5.30. The number of esters is 1. The van der Waals surface area contributed by atoms with E-state index < -0.39 is 5.41 Å². The average Bonchev–Trinajstić information content (AvgIpc) is 2.81. The van der Waals surface area contributed by atoms with Crippen LogP contribution < -0.4 is 0 Å². The normalized spacial score (nSPS) is 23.5. The number of likely N-dealkylation sites (tertiary alicyclic amines) is 2. The lowest BCUT2D eigenvalue weighted by molar-refractivity contribution is -0.160. The van der Waals surface area contributed by atoms with E-state index in [0.29, 0.717) is 12.6 Å². The van der Waals surface area contributed by atoms with E-state index in [0.717, 1.165) is 70.5 Å². The summed E-state index contributed by atoms with van der Waals surface area (Å²) in [5, 5.41) is 0. The van der Waals surface area contributed by atoms with Crippen LogP contribution in [-0.4, -0.2) is 59.6 Å². The Morgan fingerprint density at radius 1 is 1.10 bits per heavy atom. The van der Waals surface area contributed by atoms with Crippen LogP contribution in [0.25, 0.3) is 0 Å². The molecule has 166 valence electrons. The van der Waals surface area contributed by atoms with Gasteiger partial charge >= 0.3 is 5.97 Å². The summed E-state index contributed by atoms with van der Waals surface area (Å²) in [7, 11) is 0. The Balaban J connectivity index is 1.40. The number of carbonyl (C=O) groups is 1. The summed E-state index contributed by atoms with van der Waals surface area (Å²) < 4.78 is 5.60. The van der Waals surface area contributed by atoms with Gasteiger partial charge in [-0.05, 0) is 63.3 Å². The predicted molar refractivity (Wildman–Crippen MR) is 123 cm³/mol. The van der Waals surface area contributed by atoms with Crippen molar-refractivity contribution in [2.75, 3.05) is 32.8 Å². The molecule has 31 heavy (non-hydrogen) atoms. The zero-order valence-electron chi connectivity index (χ0n) is 18.7. The SMILES string of the molecule is CCOC(=O)[C@@]1(Cc2ccccc2)CCCN(C2CCN(Cc3ccccn3)CC2)C1. The molecule has 0 saturated carbocycles. The molecule has 2 aromatic rings. The molecular formula is C26H35N3O2. The fourth-order valence-corrected chi connectivity index (χ4v) is 5.30. The van der Waals surface area contributed by atoms with Crippen molar-refractivity contribution in [1.82, 2.24) is 14.8 Å². The Morgan fingerprint density at radius 3 is 2.58 bits per heavy atom. The summed E-state index contributed by atoms with van der Waals surface area (Å²) in [5.74, 6) is -0.0175. The Hall–Kier alpha value is -2.24. The lowest BCUT2D eigenvalue weighted by atomic mass is 9.74. The molecule has 5 nitrogen and oxygen atoms in total. The summed E-state index contributed by atoms with van der Waals surface area (Å²) >= 11 is 0. The van der Waals surface area contributed by atoms with Gasteiger partial charge in [0.15, 0.2) is 0 Å². The van der Waals surface area contributed by atoms with Gasteiger partial charge in [-0.15, -0.1) is 0 Å². The van der Waals surface area contributed by atoms with E-state index in [9.17, 15) is 4.79 Å². The standard InChI is InChI=1S/C26H35N3O2/c1-2-31-25(30)26(19-22-9-4-3-5-10-22)14-8-16-29(21-26)24-12-17-28(18-13-24)20-23-11-6-7-15-27-23/h3-7,9-11,15,24H,2,8,12-14,16-21H2,1H3/t26-/m1/s1. The molecule has 1 aromatic heterocycles. The highest BCUT2D eigenvalue weighted by Crippen LogP contribution is 2.37. The van der Waals surface area contributed by atoms with Gasteiger partial charge in [0, 0.05) is 38.4 Å². The van der Waals surface area contributed by atoms with E-state index >= 15 is 0 Å². The van der Waals surface area contributed by atoms with Crippen LogP contribution >= 0.6 is 0 Å². The fraction of sp³-hybridized carbons (Fsp3) is 0.538. The Labute approximate surface area is 186 Å². The third kappa shape index (κ3) is 5.52. The van der Waals surface area contributed by atoms with Crippen molar-refractivity contribution in [3.63, 3.8) is 0 Å². The molecule has 0 N–H and O–H groups in total. The second-order valence-corrected chi connectivity index (χ2v) is 9.07. The molecule has 0 spiro atoms. The summed E-state index contributed by atoms with van der Waals surface area (Å²) in [5.41, 5.74) is 1.94. The number of piperidine rings is 2. The Morgan fingerprint density at radius 2 is 1.87 bits per heavy atom. The van der Waals surface area contributed by atoms with Gasteiger partial charge in [-0.25, -0.2) is 0 Å². The van der Waals surface area contributed by atoms with Gasteiger partial charge in [0.05, 0.1) is 17.7 Å². The van der Waals surface area contributed by atoms with Crippen LogP contribution in [0.5, 0.6) is 0 Å². The minimum atomic E-state index is -0.430. The van der Waals surface area contributed by atoms with E-state index in [2.05, 4.69) is 51.2 Å². The van der Waals surface area contributed by atoms with Gasteiger partial charge in [0.25, 0.3) is 0 Å². The first-order valence-corrected chi connectivity index (χ1v) is 11.8. The summed E-state index contributed by atoms with van der Waals surface area (Å²) in [6, 6.07) is 17.1. The maximum absolute atomic E-state index is 13.1. The van der Waals surface area contributed by atoms with Crippen molar-refractivity contribution < 1.29 is 9.53 Å². The van der Waals surface area contributed by atoms with Crippen molar-refractivity contribution in [3.05, 3.63) is 66.0 Å². The number of ether oxygens (including phenoxy) is 1. The van der Waals surface area contributed by atoms with Gasteiger partial charge in [-0.2, -0.15) is 0 Å². The molecule has 0 bridgehead atoms. The van der Waals surface area contributed by atoms with Crippen LogP contribution in [0.1, 0.15) is 43.9 Å². The molecule has 4 rings (SSSR count). The molecule has 0 unspecified atom stereocenters. The lowest BCUT2D eigenvalue weighted by Gasteiger charge is -2.46. The van der Waals surface area contributed by atoms with E-state index in [-0.39, 0.29) is 5.97 Å². The van der Waals surface area contributed by atoms with E-state index in [1.165, 1.54) is 5.56 Å². The van der Waals surface area contributed by atoms with Crippen molar-refractivity contribution >= 4 is 5.97 Å². The maximum Gasteiger partial charge on any atom is 0.313 e. The van der Waals surface area contributed by atoms with Crippen LogP contribution in [0, 0.1) is 5.41 Å². The predicted octanol–water partition coefficient (Wildman–Crippen LogP) is 3.93. The van der Waals surface area contributed by atoms with Crippen molar-refractivity contribution in [3.8, 4) is 0 Å². The van der Waals surface area contributed by atoms with Crippen molar-refractivity contribution in [2.24, 2.45) is 5.41 Å². The topological polar surface area (TPSA) is 45.7 Å². The highest BCUT2D eigenvalue weighted by Gasteiger charge is 2.45. The van der Waals surface area contributed by atoms with E-state index in [1.807, 2.05) is 25.3 Å².